The first kappa shape index (κ1) is 41.4. The van der Waals surface area contributed by atoms with Gasteiger partial charge in [0.05, 0.1) is 22.3 Å². The molecule has 0 fully saturated rings. The van der Waals surface area contributed by atoms with Crippen molar-refractivity contribution in [2.24, 2.45) is 0 Å². The van der Waals surface area contributed by atoms with Crippen LogP contribution in [0.4, 0.5) is 0 Å². The van der Waals surface area contributed by atoms with Crippen LogP contribution in [0.2, 0.25) is 0 Å². The van der Waals surface area contributed by atoms with Crippen LogP contribution in [0.3, 0.4) is 0 Å². The number of nitrogens with zero attached hydrogens (tertiary/aromatic N) is 3. The van der Waals surface area contributed by atoms with Gasteiger partial charge in [-0.05, 0) is 101 Å². The number of aryl methyl sites for hydroxylation is 3. The Labute approximate surface area is 374 Å². The standard InChI is InChI=1S/C56H47N3O.Pt/c1-36-21-23-41(24-22-36)42-25-26-57-51(34-42)46-30-43(39-15-10-8-11-16-39)29-45(31-46)49-19-14-20-52-53(49)58-55(50-28-37(2)27-38(3)54(50)60-7)59(52)48-33-44(40-17-12-9-13-18-40)32-47(35-48)56(4,5)6;/h8-30,32-35H,7H2,1-6H3;/q-2;+2. The van der Waals surface area contributed by atoms with Crippen molar-refractivity contribution in [2.75, 3.05) is 0 Å². The number of para-hydroxylation sites is 1. The number of imidazole rings is 1. The average molecular weight is 973 g/mol. The Kier molecular flexibility index (Phi) is 11.5. The van der Waals surface area contributed by atoms with Gasteiger partial charge in [-0.25, -0.2) is 4.98 Å². The Morgan fingerprint density at radius 1 is 0.574 bits per heavy atom. The molecular formula is C56H47N3OPt. The SMILES string of the molecule is [CH2-]Oc1c(C)cc(C)cc1-c1nc2c(-c3[c-]c(-c4cc(-c5ccc(C)cc5)ccn4)cc(-c4ccccc4)c3)cccc2n1-c1cc(-c2ccccc2)cc(C(C)(C)C)c1.[Pt+2]. The minimum absolute atomic E-state index is 0. The molecule has 7 aromatic carbocycles. The Hall–Kier alpha value is -6.35. The summed E-state index contributed by atoms with van der Waals surface area (Å²) in [6.07, 6.45) is 1.89. The van der Waals surface area contributed by atoms with Crippen LogP contribution in [-0.2, 0) is 26.5 Å². The van der Waals surface area contributed by atoms with Crippen molar-refractivity contribution in [2.45, 2.75) is 47.0 Å². The van der Waals surface area contributed by atoms with Crippen LogP contribution >= 0.6 is 0 Å². The van der Waals surface area contributed by atoms with Gasteiger partial charge in [-0.15, -0.1) is 23.8 Å². The van der Waals surface area contributed by atoms with Crippen LogP contribution in [-0.4, -0.2) is 14.5 Å². The van der Waals surface area contributed by atoms with Crippen molar-refractivity contribution >= 4 is 11.0 Å². The van der Waals surface area contributed by atoms with Gasteiger partial charge in [0.1, 0.15) is 5.82 Å². The molecule has 0 saturated carbocycles. The molecule has 0 aliphatic heterocycles. The summed E-state index contributed by atoms with van der Waals surface area (Å²) in [7, 11) is 3.91. The average Bonchev–Trinajstić information content (AvgIpc) is 3.66. The molecule has 0 N–H and O–H groups in total. The van der Waals surface area contributed by atoms with Gasteiger partial charge in [0.15, 0.2) is 0 Å². The summed E-state index contributed by atoms with van der Waals surface area (Å²) in [5.74, 6) is 1.48. The van der Waals surface area contributed by atoms with Gasteiger partial charge < -0.3 is 4.74 Å². The molecule has 61 heavy (non-hydrogen) atoms. The zero-order valence-electron chi connectivity index (χ0n) is 35.4. The molecule has 0 bridgehead atoms. The van der Waals surface area contributed by atoms with E-state index in [2.05, 4.69) is 217 Å². The van der Waals surface area contributed by atoms with Crippen LogP contribution in [0.15, 0.2) is 164 Å². The number of fused-ring (bicyclic) bond motifs is 1. The number of rotatable bonds is 8. The second-order valence-corrected chi connectivity index (χ2v) is 16.8. The molecule has 2 aromatic heterocycles. The molecule has 0 aliphatic rings. The van der Waals surface area contributed by atoms with E-state index < -0.39 is 0 Å². The van der Waals surface area contributed by atoms with Gasteiger partial charge in [-0.3, -0.25) is 9.55 Å². The van der Waals surface area contributed by atoms with Gasteiger partial charge >= 0.3 is 21.1 Å². The monoisotopic (exact) mass is 972 g/mol. The quantitative estimate of drug-likeness (QED) is 0.142. The Bertz CT molecular complexity index is 3020. The van der Waals surface area contributed by atoms with E-state index in [-0.39, 0.29) is 26.5 Å². The molecule has 2 heterocycles. The van der Waals surface area contributed by atoms with E-state index in [1.54, 1.807) is 0 Å². The topological polar surface area (TPSA) is 39.9 Å². The van der Waals surface area contributed by atoms with E-state index in [0.717, 1.165) is 95.0 Å². The molecule has 0 spiro atoms. The number of hydrogen-bond donors (Lipinski definition) is 0. The van der Waals surface area contributed by atoms with Gasteiger partial charge in [0.25, 0.3) is 0 Å². The Morgan fingerprint density at radius 2 is 1.23 bits per heavy atom. The minimum atomic E-state index is -0.114. The summed E-state index contributed by atoms with van der Waals surface area (Å²) in [6, 6.07) is 59.9. The van der Waals surface area contributed by atoms with Gasteiger partial charge in [0.2, 0.25) is 0 Å². The molecule has 0 saturated heterocycles. The summed E-state index contributed by atoms with van der Waals surface area (Å²) in [4.78, 5) is 10.5. The molecule has 0 aliphatic carbocycles. The first-order chi connectivity index (χ1) is 29.0. The molecule has 0 unspecified atom stereocenters. The van der Waals surface area contributed by atoms with Crippen molar-refractivity contribution in [3.05, 3.63) is 199 Å². The van der Waals surface area contributed by atoms with E-state index >= 15 is 0 Å². The normalized spacial score (nSPS) is 11.4. The zero-order valence-corrected chi connectivity index (χ0v) is 37.6. The van der Waals surface area contributed by atoms with Crippen LogP contribution in [0, 0.1) is 33.9 Å². The summed E-state index contributed by atoms with van der Waals surface area (Å²) >= 11 is 0. The van der Waals surface area contributed by atoms with Crippen molar-refractivity contribution in [3.8, 4) is 78.6 Å². The van der Waals surface area contributed by atoms with Crippen LogP contribution in [0.25, 0.3) is 83.9 Å². The van der Waals surface area contributed by atoms with E-state index in [9.17, 15) is 0 Å². The van der Waals surface area contributed by atoms with Crippen molar-refractivity contribution in [1.29, 1.82) is 0 Å². The van der Waals surface area contributed by atoms with E-state index in [1.807, 2.05) is 6.20 Å². The molecule has 5 heteroatoms. The van der Waals surface area contributed by atoms with Crippen molar-refractivity contribution in [1.82, 2.24) is 14.5 Å². The third kappa shape index (κ3) is 8.26. The van der Waals surface area contributed by atoms with Crippen LogP contribution in [0.5, 0.6) is 5.75 Å². The number of pyridine rings is 1. The zero-order chi connectivity index (χ0) is 41.5. The second kappa shape index (κ2) is 17.0. The predicted octanol–water partition coefficient (Wildman–Crippen LogP) is 14.6. The van der Waals surface area contributed by atoms with Crippen LogP contribution in [0.1, 0.15) is 43.0 Å². The van der Waals surface area contributed by atoms with Gasteiger partial charge in [-0.2, -0.15) is 7.11 Å². The molecule has 4 nitrogen and oxygen atoms in total. The van der Waals surface area contributed by atoms with E-state index in [4.69, 9.17) is 14.7 Å². The first-order valence-corrected chi connectivity index (χ1v) is 20.5. The summed E-state index contributed by atoms with van der Waals surface area (Å²) < 4.78 is 8.22. The van der Waals surface area contributed by atoms with E-state index in [0.29, 0.717) is 5.75 Å². The first-order valence-electron chi connectivity index (χ1n) is 20.5. The Balaban J connectivity index is 0.00000514. The molecule has 302 valence electrons. The van der Waals surface area contributed by atoms with Crippen molar-refractivity contribution < 1.29 is 25.8 Å². The van der Waals surface area contributed by atoms with Gasteiger partial charge in [-0.1, -0.05) is 158 Å². The molecule has 9 aromatic rings. The summed E-state index contributed by atoms with van der Waals surface area (Å²) in [6.45, 7) is 13.1. The Morgan fingerprint density at radius 3 is 1.90 bits per heavy atom. The maximum Gasteiger partial charge on any atom is 2.00 e. The van der Waals surface area contributed by atoms with Crippen LogP contribution < -0.4 is 4.74 Å². The third-order valence-corrected chi connectivity index (χ3v) is 11.3. The summed E-state index contributed by atoms with van der Waals surface area (Å²) in [5.41, 5.74) is 18.6. The molecule has 0 radical (unpaired) electrons. The number of ether oxygens (including phenoxy) is 1. The van der Waals surface area contributed by atoms with Crippen molar-refractivity contribution in [3.63, 3.8) is 0 Å². The molecule has 0 amide bonds. The van der Waals surface area contributed by atoms with E-state index in [1.165, 1.54) is 11.1 Å². The van der Waals surface area contributed by atoms with Gasteiger partial charge in [0, 0.05) is 17.6 Å². The maximum atomic E-state index is 5.92. The molecule has 9 rings (SSSR count). The third-order valence-electron chi connectivity index (χ3n) is 11.3. The minimum Gasteiger partial charge on any atom is -0.665 e. The fourth-order valence-corrected chi connectivity index (χ4v) is 8.19. The fourth-order valence-electron chi connectivity index (χ4n) is 8.19. The fraction of sp³-hybridized carbons (Fsp3) is 0.125. The number of aromatic nitrogens is 3. The summed E-state index contributed by atoms with van der Waals surface area (Å²) in [5, 5.41) is 0. The molecule has 0 atom stereocenters. The largest absolute Gasteiger partial charge is 2.00 e. The maximum absolute atomic E-state index is 5.92. The number of benzene rings is 7. The smallest absolute Gasteiger partial charge is 0.665 e. The predicted molar refractivity (Wildman–Crippen MR) is 249 cm³/mol. The second-order valence-electron chi connectivity index (χ2n) is 16.8. The molecular weight excluding hydrogens is 926 g/mol. The number of hydrogen-bond acceptors (Lipinski definition) is 3.